The van der Waals surface area contributed by atoms with Gasteiger partial charge < -0.3 is 14.8 Å². The molecule has 1 aliphatic rings. The van der Waals surface area contributed by atoms with E-state index in [1.54, 1.807) is 0 Å². The van der Waals surface area contributed by atoms with Crippen molar-refractivity contribution in [2.24, 2.45) is 0 Å². The minimum absolute atomic E-state index is 0.128. The van der Waals surface area contributed by atoms with E-state index in [1.807, 2.05) is 60.8 Å². The topological polar surface area (TPSA) is 74.4 Å². The number of aliphatic hydroxyl groups excluding tert-OH is 1. The van der Waals surface area contributed by atoms with Gasteiger partial charge in [-0.2, -0.15) is 0 Å². The smallest absolute Gasteiger partial charge is 0.140 e. The van der Waals surface area contributed by atoms with Crippen LogP contribution in [0.2, 0.25) is 0 Å². The summed E-state index contributed by atoms with van der Waals surface area (Å²) in [6.07, 6.45) is 3.29. The minimum Gasteiger partial charge on any atom is -0.492 e. The van der Waals surface area contributed by atoms with E-state index in [9.17, 15) is 9.32 Å². The zero-order valence-corrected chi connectivity index (χ0v) is 19.1. The fourth-order valence-corrected chi connectivity index (χ4v) is 5.48. The number of hydrogen-bond donors (Lipinski definition) is 4. The molecule has 3 aromatic carbocycles. The summed E-state index contributed by atoms with van der Waals surface area (Å²) < 4.78 is 22.3. The zero-order chi connectivity index (χ0) is 22.1. The zero-order valence-electron chi connectivity index (χ0n) is 17.4. The van der Waals surface area contributed by atoms with Crippen molar-refractivity contribution in [3.05, 3.63) is 78.0 Å². The summed E-state index contributed by atoms with van der Waals surface area (Å²) in [5.41, 5.74) is 5.20. The number of fused-ring (bicyclic) bond motifs is 2. The Bertz CT molecular complexity index is 1280. The van der Waals surface area contributed by atoms with Crippen LogP contribution in [0.15, 0.2) is 76.7 Å². The van der Waals surface area contributed by atoms with Crippen molar-refractivity contribution in [2.45, 2.75) is 28.7 Å². The molecule has 164 valence electrons. The molecule has 4 aromatic rings. The van der Waals surface area contributed by atoms with Gasteiger partial charge in [-0.1, -0.05) is 30.3 Å². The van der Waals surface area contributed by atoms with Gasteiger partial charge in [0.2, 0.25) is 0 Å². The molecular formula is C25H24N2O3S2. The van der Waals surface area contributed by atoms with Crippen LogP contribution in [0.4, 0.5) is 0 Å². The quantitative estimate of drug-likeness (QED) is 0.309. The summed E-state index contributed by atoms with van der Waals surface area (Å²) in [5.74, 6) is 0.689. The van der Waals surface area contributed by atoms with Crippen molar-refractivity contribution in [3.63, 3.8) is 0 Å². The summed E-state index contributed by atoms with van der Waals surface area (Å²) in [7, 11) is -1.54. The van der Waals surface area contributed by atoms with Gasteiger partial charge in [0.05, 0.1) is 18.1 Å². The maximum Gasteiger partial charge on any atom is 0.140 e. The van der Waals surface area contributed by atoms with Crippen molar-refractivity contribution < 1.29 is 14.1 Å². The first kappa shape index (κ1) is 21.3. The van der Waals surface area contributed by atoms with Crippen molar-refractivity contribution in [2.75, 3.05) is 13.2 Å². The third-order valence-corrected chi connectivity index (χ3v) is 7.33. The number of aromatic nitrogens is 1. The van der Waals surface area contributed by atoms with Gasteiger partial charge in [-0.15, -0.1) is 12.6 Å². The van der Waals surface area contributed by atoms with Crippen LogP contribution in [0.25, 0.3) is 22.0 Å². The number of rotatable bonds is 7. The van der Waals surface area contributed by atoms with Gasteiger partial charge >= 0.3 is 0 Å². The van der Waals surface area contributed by atoms with E-state index in [4.69, 9.17) is 4.74 Å². The predicted octanol–water partition coefficient (Wildman–Crippen LogP) is 4.27. The highest BCUT2D eigenvalue weighted by molar-refractivity contribution is 7.83. The number of thiol groups is 1. The number of para-hydroxylation sites is 1. The molecule has 1 aromatic heterocycles. The standard InChI is InChI=1S/C25H24N2O3S2/c28-15-20(12-19-14-26-23-4-2-1-3-22(19)23)27-32(29)24-13-18(11-17-9-10-30-25(17)24)16-5-7-21(31)8-6-16/h1-8,11,13-14,20,26-28,31H,9-10,12,15H2/t20-,32?/m1/s1. The van der Waals surface area contributed by atoms with E-state index in [2.05, 4.69) is 28.4 Å². The highest BCUT2D eigenvalue weighted by Crippen LogP contribution is 2.36. The lowest BCUT2D eigenvalue weighted by molar-refractivity contribution is 0.257. The molecule has 5 rings (SSSR count). The number of aromatic amines is 1. The monoisotopic (exact) mass is 464 g/mol. The molecule has 3 N–H and O–H groups in total. The lowest BCUT2D eigenvalue weighted by atomic mass is 10.0. The van der Waals surface area contributed by atoms with Crippen LogP contribution < -0.4 is 9.46 Å². The molecule has 0 amide bonds. The molecule has 0 aliphatic carbocycles. The van der Waals surface area contributed by atoms with Gasteiger partial charge in [0.25, 0.3) is 0 Å². The van der Waals surface area contributed by atoms with E-state index in [0.717, 1.165) is 44.5 Å². The summed E-state index contributed by atoms with van der Waals surface area (Å²) in [6.45, 7) is 0.453. The first-order valence-electron chi connectivity index (χ1n) is 10.6. The molecular weight excluding hydrogens is 440 g/mol. The number of ether oxygens (including phenoxy) is 1. The number of H-pyrrole nitrogens is 1. The third kappa shape index (κ3) is 4.21. The highest BCUT2D eigenvalue weighted by Gasteiger charge is 2.24. The molecule has 32 heavy (non-hydrogen) atoms. The van der Waals surface area contributed by atoms with E-state index >= 15 is 0 Å². The second-order valence-electron chi connectivity index (χ2n) is 7.94. The second kappa shape index (κ2) is 9.11. The lowest BCUT2D eigenvalue weighted by Gasteiger charge is -2.17. The number of benzene rings is 3. The fraction of sp³-hybridized carbons (Fsp3) is 0.200. The Morgan fingerprint density at radius 2 is 1.94 bits per heavy atom. The summed E-state index contributed by atoms with van der Waals surface area (Å²) in [4.78, 5) is 4.76. The molecule has 0 saturated heterocycles. The van der Waals surface area contributed by atoms with E-state index in [1.165, 1.54) is 0 Å². The number of nitrogens with one attached hydrogen (secondary N) is 2. The summed E-state index contributed by atoms with van der Waals surface area (Å²) in [6, 6.07) is 19.6. The lowest BCUT2D eigenvalue weighted by Crippen LogP contribution is -2.36. The Morgan fingerprint density at radius 3 is 2.75 bits per heavy atom. The average molecular weight is 465 g/mol. The predicted molar refractivity (Wildman–Crippen MR) is 131 cm³/mol. The Labute approximate surface area is 194 Å². The molecule has 2 heterocycles. The molecule has 0 bridgehead atoms. The summed E-state index contributed by atoms with van der Waals surface area (Å²) >= 11 is 4.36. The van der Waals surface area contributed by atoms with Crippen molar-refractivity contribution >= 4 is 34.5 Å². The summed E-state index contributed by atoms with van der Waals surface area (Å²) in [5, 5.41) is 11.1. The van der Waals surface area contributed by atoms with Crippen LogP contribution in [0.5, 0.6) is 5.75 Å². The maximum absolute atomic E-state index is 13.4. The normalized spacial score (nSPS) is 14.8. The molecule has 1 aliphatic heterocycles. The van der Waals surface area contributed by atoms with Crippen LogP contribution in [-0.4, -0.2) is 33.6 Å². The van der Waals surface area contributed by atoms with E-state index in [0.29, 0.717) is 23.7 Å². The van der Waals surface area contributed by atoms with Gasteiger partial charge in [-0.25, -0.2) is 8.93 Å². The third-order valence-electron chi connectivity index (χ3n) is 5.79. The van der Waals surface area contributed by atoms with Gasteiger partial charge in [0.1, 0.15) is 16.7 Å². The van der Waals surface area contributed by atoms with Gasteiger partial charge in [0, 0.05) is 34.5 Å². The Balaban J connectivity index is 1.42. The average Bonchev–Trinajstić information content (AvgIpc) is 3.45. The molecule has 1 unspecified atom stereocenters. The molecule has 0 fully saturated rings. The van der Waals surface area contributed by atoms with Gasteiger partial charge in [-0.3, -0.25) is 0 Å². The van der Waals surface area contributed by atoms with Crippen molar-refractivity contribution in [3.8, 4) is 16.9 Å². The Kier molecular flexibility index (Phi) is 6.06. The maximum atomic E-state index is 13.4. The van der Waals surface area contributed by atoms with E-state index in [-0.39, 0.29) is 12.6 Å². The first-order valence-corrected chi connectivity index (χ1v) is 12.1. The number of aliphatic hydroxyl groups is 1. The molecule has 7 heteroatoms. The van der Waals surface area contributed by atoms with Crippen LogP contribution in [0.3, 0.4) is 0 Å². The molecule has 2 atom stereocenters. The first-order chi connectivity index (χ1) is 15.6. The highest BCUT2D eigenvalue weighted by atomic mass is 32.2. The molecule has 0 radical (unpaired) electrons. The van der Waals surface area contributed by atoms with Gasteiger partial charge in [-0.05, 0) is 59.0 Å². The van der Waals surface area contributed by atoms with E-state index < -0.39 is 11.0 Å². The van der Waals surface area contributed by atoms with Crippen LogP contribution >= 0.6 is 12.6 Å². The second-order valence-corrected chi connectivity index (χ2v) is 9.67. The van der Waals surface area contributed by atoms with Crippen molar-refractivity contribution in [1.82, 2.24) is 9.71 Å². The molecule has 0 spiro atoms. The molecule has 5 nitrogen and oxygen atoms in total. The van der Waals surface area contributed by atoms with Crippen LogP contribution in [0.1, 0.15) is 11.1 Å². The van der Waals surface area contributed by atoms with Crippen LogP contribution in [-0.2, 0) is 23.8 Å². The van der Waals surface area contributed by atoms with Crippen LogP contribution in [0, 0.1) is 0 Å². The Morgan fingerprint density at radius 1 is 1.12 bits per heavy atom. The molecule has 0 saturated carbocycles. The fourth-order valence-electron chi connectivity index (χ4n) is 4.16. The minimum atomic E-state index is -1.54. The number of hydrogen-bond acceptors (Lipinski definition) is 4. The van der Waals surface area contributed by atoms with Gasteiger partial charge in [0.15, 0.2) is 0 Å². The van der Waals surface area contributed by atoms with Crippen molar-refractivity contribution in [1.29, 1.82) is 0 Å². The SMILES string of the molecule is O=S(N[C@@H](CO)Cc1c[nH]c2ccccc12)c1cc(-c2ccc(S)cc2)cc2c1OCC2. The Hall–Kier alpha value is -2.58. The largest absolute Gasteiger partial charge is 0.492 e.